The summed E-state index contributed by atoms with van der Waals surface area (Å²) in [5.41, 5.74) is 0. The van der Waals surface area contributed by atoms with Gasteiger partial charge in [-0.25, -0.2) is 4.99 Å². The summed E-state index contributed by atoms with van der Waals surface area (Å²) in [5, 5.41) is 7.00. The molecule has 6 nitrogen and oxygen atoms in total. The number of hydrogen-bond donors (Lipinski definition) is 2. The average molecular weight is 352 g/mol. The van der Waals surface area contributed by atoms with E-state index in [4.69, 9.17) is 0 Å². The van der Waals surface area contributed by atoms with Crippen LogP contribution < -0.4 is 10.6 Å². The van der Waals surface area contributed by atoms with E-state index in [-0.39, 0.29) is 12.5 Å². The van der Waals surface area contributed by atoms with Crippen molar-refractivity contribution in [1.82, 2.24) is 20.4 Å². The molecule has 1 amide bonds. The van der Waals surface area contributed by atoms with Crippen molar-refractivity contribution in [3.63, 3.8) is 0 Å². The summed E-state index contributed by atoms with van der Waals surface area (Å²) < 4.78 is 0. The second kappa shape index (κ2) is 10.00. The van der Waals surface area contributed by atoms with Crippen molar-refractivity contribution >= 4 is 11.9 Å². The second-order valence-electron chi connectivity index (χ2n) is 7.80. The fraction of sp³-hybridized carbons (Fsp3) is 0.895. The lowest BCUT2D eigenvalue weighted by Crippen LogP contribution is -2.51. The highest BCUT2D eigenvalue weighted by Gasteiger charge is 2.27. The van der Waals surface area contributed by atoms with Crippen LogP contribution >= 0.6 is 0 Å². The van der Waals surface area contributed by atoms with E-state index in [9.17, 15) is 4.79 Å². The van der Waals surface area contributed by atoms with Crippen LogP contribution in [0.5, 0.6) is 0 Å². The van der Waals surface area contributed by atoms with Gasteiger partial charge in [0.15, 0.2) is 5.96 Å². The molecule has 1 aliphatic carbocycles. The minimum absolute atomic E-state index is 0.0290. The third-order valence-corrected chi connectivity index (χ3v) is 5.58. The first-order chi connectivity index (χ1) is 12.0. The van der Waals surface area contributed by atoms with Crippen molar-refractivity contribution in [2.45, 2.75) is 76.9 Å². The van der Waals surface area contributed by atoms with Crippen LogP contribution in [-0.2, 0) is 4.79 Å². The van der Waals surface area contributed by atoms with Crippen LogP contribution in [0.25, 0.3) is 0 Å². The summed E-state index contributed by atoms with van der Waals surface area (Å²) in [6.07, 6.45) is 8.90. The zero-order valence-corrected chi connectivity index (χ0v) is 16.6. The largest absolute Gasteiger partial charge is 0.354 e. The molecule has 2 aliphatic rings. The SMILES string of the molecule is CCC(C)NC(=NCC(=O)N(C)C)NC1CCN(C2CCCC2)CC1. The van der Waals surface area contributed by atoms with Gasteiger partial charge in [-0.05, 0) is 39.0 Å². The van der Waals surface area contributed by atoms with Crippen LogP contribution in [-0.4, -0.2) is 73.5 Å². The first kappa shape index (κ1) is 20.0. The maximum atomic E-state index is 11.8. The van der Waals surface area contributed by atoms with E-state index in [1.165, 1.54) is 38.8 Å². The van der Waals surface area contributed by atoms with Crippen LogP contribution in [0.2, 0.25) is 0 Å². The molecule has 0 bridgehead atoms. The number of amides is 1. The van der Waals surface area contributed by atoms with Gasteiger partial charge in [0.2, 0.25) is 5.91 Å². The molecule has 2 rings (SSSR count). The van der Waals surface area contributed by atoms with Crippen LogP contribution in [0.15, 0.2) is 4.99 Å². The minimum Gasteiger partial charge on any atom is -0.354 e. The lowest BCUT2D eigenvalue weighted by Gasteiger charge is -2.37. The Kier molecular flexibility index (Phi) is 8.00. The molecule has 1 aliphatic heterocycles. The molecule has 0 aromatic heterocycles. The number of nitrogens with one attached hydrogen (secondary N) is 2. The van der Waals surface area contributed by atoms with E-state index in [1.807, 2.05) is 0 Å². The molecule has 0 spiro atoms. The van der Waals surface area contributed by atoms with E-state index in [0.29, 0.717) is 12.1 Å². The molecular formula is C19H37N5O. The van der Waals surface area contributed by atoms with Crippen molar-refractivity contribution in [2.24, 2.45) is 4.99 Å². The number of guanidine groups is 1. The molecule has 1 saturated carbocycles. The molecule has 2 N–H and O–H groups in total. The van der Waals surface area contributed by atoms with Gasteiger partial charge in [0.25, 0.3) is 0 Å². The topological polar surface area (TPSA) is 60.0 Å². The maximum Gasteiger partial charge on any atom is 0.243 e. The van der Waals surface area contributed by atoms with Crippen molar-refractivity contribution in [1.29, 1.82) is 0 Å². The fourth-order valence-corrected chi connectivity index (χ4v) is 3.63. The zero-order chi connectivity index (χ0) is 18.2. The molecule has 2 fully saturated rings. The predicted molar refractivity (Wildman–Crippen MR) is 104 cm³/mol. The Balaban J connectivity index is 1.85. The zero-order valence-electron chi connectivity index (χ0n) is 16.6. The number of carbonyl (C=O) groups is 1. The third kappa shape index (κ3) is 6.49. The van der Waals surface area contributed by atoms with Gasteiger partial charge < -0.3 is 20.4 Å². The van der Waals surface area contributed by atoms with Crippen LogP contribution in [0.4, 0.5) is 0 Å². The molecule has 1 unspecified atom stereocenters. The van der Waals surface area contributed by atoms with Gasteiger partial charge in [0, 0.05) is 45.3 Å². The van der Waals surface area contributed by atoms with Gasteiger partial charge in [-0.2, -0.15) is 0 Å². The Morgan fingerprint density at radius 3 is 2.40 bits per heavy atom. The highest BCUT2D eigenvalue weighted by atomic mass is 16.2. The number of aliphatic imine (C=N–C) groups is 1. The minimum atomic E-state index is 0.0290. The summed E-state index contributed by atoms with van der Waals surface area (Å²) in [6.45, 7) is 6.85. The summed E-state index contributed by atoms with van der Waals surface area (Å²) in [7, 11) is 3.54. The van der Waals surface area contributed by atoms with Crippen molar-refractivity contribution in [3.8, 4) is 0 Å². The van der Waals surface area contributed by atoms with E-state index in [2.05, 4.69) is 34.4 Å². The molecule has 25 heavy (non-hydrogen) atoms. The Hall–Kier alpha value is -1.30. The average Bonchev–Trinajstić information content (AvgIpc) is 3.14. The van der Waals surface area contributed by atoms with Crippen LogP contribution in [0, 0.1) is 0 Å². The van der Waals surface area contributed by atoms with Gasteiger partial charge in [0.05, 0.1) is 0 Å². The fourth-order valence-electron chi connectivity index (χ4n) is 3.63. The van der Waals surface area contributed by atoms with Gasteiger partial charge in [-0.15, -0.1) is 0 Å². The van der Waals surface area contributed by atoms with E-state index >= 15 is 0 Å². The first-order valence-electron chi connectivity index (χ1n) is 10.0. The number of hydrogen-bond acceptors (Lipinski definition) is 3. The lowest BCUT2D eigenvalue weighted by atomic mass is 10.0. The molecule has 1 heterocycles. The first-order valence-corrected chi connectivity index (χ1v) is 10.0. The van der Waals surface area contributed by atoms with E-state index in [1.54, 1.807) is 19.0 Å². The molecule has 1 saturated heterocycles. The number of nitrogens with zero attached hydrogens (tertiary/aromatic N) is 3. The lowest BCUT2D eigenvalue weighted by molar-refractivity contribution is -0.127. The molecular weight excluding hydrogens is 314 g/mol. The molecule has 6 heteroatoms. The van der Waals surface area contributed by atoms with Gasteiger partial charge in [-0.3, -0.25) is 4.79 Å². The smallest absolute Gasteiger partial charge is 0.243 e. The molecule has 0 aromatic carbocycles. The standard InChI is InChI=1S/C19H37N5O/c1-5-15(2)21-19(20-14-18(25)23(3)4)22-16-10-12-24(13-11-16)17-8-6-7-9-17/h15-17H,5-14H2,1-4H3,(H2,20,21,22). The quantitative estimate of drug-likeness (QED) is 0.566. The highest BCUT2D eigenvalue weighted by Crippen LogP contribution is 2.26. The Morgan fingerprint density at radius 1 is 1.20 bits per heavy atom. The summed E-state index contributed by atoms with van der Waals surface area (Å²) >= 11 is 0. The summed E-state index contributed by atoms with van der Waals surface area (Å²) in [4.78, 5) is 20.6. The Labute approximate surface area is 153 Å². The summed E-state index contributed by atoms with van der Waals surface area (Å²) in [6, 6.07) is 1.62. The second-order valence-corrected chi connectivity index (χ2v) is 7.80. The van der Waals surface area contributed by atoms with Gasteiger partial charge in [-0.1, -0.05) is 19.8 Å². The van der Waals surface area contributed by atoms with Gasteiger partial charge >= 0.3 is 0 Å². The normalized spacial score (nSPS) is 22.0. The monoisotopic (exact) mass is 351 g/mol. The molecule has 144 valence electrons. The van der Waals surface area contributed by atoms with Crippen molar-refractivity contribution in [2.75, 3.05) is 33.7 Å². The Bertz CT molecular complexity index is 437. The van der Waals surface area contributed by atoms with Crippen molar-refractivity contribution < 1.29 is 4.79 Å². The molecule has 0 aromatic rings. The van der Waals surface area contributed by atoms with E-state index in [0.717, 1.165) is 31.3 Å². The van der Waals surface area contributed by atoms with E-state index < -0.39 is 0 Å². The number of rotatable bonds is 6. The van der Waals surface area contributed by atoms with Crippen LogP contribution in [0.1, 0.15) is 58.8 Å². The van der Waals surface area contributed by atoms with Crippen LogP contribution in [0.3, 0.4) is 0 Å². The maximum absolute atomic E-state index is 11.8. The van der Waals surface area contributed by atoms with Crippen molar-refractivity contribution in [3.05, 3.63) is 0 Å². The number of carbonyl (C=O) groups excluding carboxylic acids is 1. The number of likely N-dealkylation sites (tertiary alicyclic amines) is 1. The third-order valence-electron chi connectivity index (χ3n) is 5.58. The highest BCUT2D eigenvalue weighted by molar-refractivity contribution is 5.85. The number of likely N-dealkylation sites (N-methyl/N-ethyl adjacent to an activating group) is 1. The molecule has 0 radical (unpaired) electrons. The predicted octanol–water partition coefficient (Wildman–Crippen LogP) is 1.82. The van der Waals surface area contributed by atoms with Gasteiger partial charge in [0.1, 0.15) is 6.54 Å². The summed E-state index contributed by atoms with van der Waals surface area (Å²) in [5.74, 6) is 0.810. The number of piperidine rings is 1. The molecule has 1 atom stereocenters. The Morgan fingerprint density at radius 2 is 1.84 bits per heavy atom.